The van der Waals surface area contributed by atoms with Gasteiger partial charge in [-0.15, -0.1) is 0 Å². The van der Waals surface area contributed by atoms with Crippen LogP contribution in [0.25, 0.3) is 0 Å². The summed E-state index contributed by atoms with van der Waals surface area (Å²) < 4.78 is 0. The summed E-state index contributed by atoms with van der Waals surface area (Å²) in [5.41, 5.74) is 18.3. The molecule has 0 radical (unpaired) electrons. The Balaban J connectivity index is 1.36. The second-order valence-corrected chi connectivity index (χ2v) is 8.37. The topological polar surface area (TPSA) is 52.0 Å². The molecule has 0 saturated carbocycles. The van der Waals surface area contributed by atoms with Gasteiger partial charge in [0.2, 0.25) is 0 Å². The van der Waals surface area contributed by atoms with Crippen LogP contribution in [0.1, 0.15) is 22.3 Å². The summed E-state index contributed by atoms with van der Waals surface area (Å²) in [5, 5.41) is 0. The number of nitrogen functional groups attached to an aromatic ring is 2. The standard InChI is InChI=1S/C26H24N2S/c27-23-9-1-19(2-10-23)17-21-5-13-25(14-6-21)29-26-15-7-22(8-16-26)18-20-3-11-24(28)12-4-20/h1-16H,17-18,27-28H2. The van der Waals surface area contributed by atoms with Gasteiger partial charge in [-0.05, 0) is 83.6 Å². The number of hydrogen-bond donors (Lipinski definition) is 2. The van der Waals surface area contributed by atoms with E-state index in [1.54, 1.807) is 11.8 Å². The highest BCUT2D eigenvalue weighted by Gasteiger charge is 2.02. The number of rotatable bonds is 6. The van der Waals surface area contributed by atoms with Gasteiger partial charge in [0, 0.05) is 21.2 Å². The van der Waals surface area contributed by atoms with E-state index in [-0.39, 0.29) is 0 Å². The fourth-order valence-electron chi connectivity index (χ4n) is 3.23. The first-order valence-corrected chi connectivity index (χ1v) is 10.5. The lowest BCUT2D eigenvalue weighted by atomic mass is 10.0. The van der Waals surface area contributed by atoms with Crippen LogP contribution >= 0.6 is 11.8 Å². The Kier molecular flexibility index (Phi) is 5.87. The predicted molar refractivity (Wildman–Crippen MR) is 124 cm³/mol. The molecule has 0 aliphatic carbocycles. The Bertz CT molecular complexity index is 963. The quantitative estimate of drug-likeness (QED) is 0.382. The van der Waals surface area contributed by atoms with Crippen LogP contribution in [0.2, 0.25) is 0 Å². The summed E-state index contributed by atoms with van der Waals surface area (Å²) in [7, 11) is 0. The van der Waals surface area contributed by atoms with E-state index in [2.05, 4.69) is 72.8 Å². The second-order valence-electron chi connectivity index (χ2n) is 7.23. The van der Waals surface area contributed by atoms with Gasteiger partial charge in [0.25, 0.3) is 0 Å². The van der Waals surface area contributed by atoms with Crippen molar-refractivity contribution >= 4 is 23.1 Å². The Morgan fingerprint density at radius 3 is 1.00 bits per heavy atom. The first kappa shape index (κ1) is 19.2. The highest BCUT2D eigenvalue weighted by atomic mass is 32.2. The van der Waals surface area contributed by atoms with Crippen molar-refractivity contribution in [1.29, 1.82) is 0 Å². The lowest BCUT2D eigenvalue weighted by molar-refractivity contribution is 1.18. The minimum absolute atomic E-state index is 0.806. The van der Waals surface area contributed by atoms with E-state index in [9.17, 15) is 0 Å². The van der Waals surface area contributed by atoms with Gasteiger partial charge in [0.15, 0.2) is 0 Å². The molecule has 2 nitrogen and oxygen atoms in total. The molecule has 0 atom stereocenters. The molecule has 3 heteroatoms. The molecule has 4 rings (SSSR count). The fraction of sp³-hybridized carbons (Fsp3) is 0.0769. The molecule has 144 valence electrons. The normalized spacial score (nSPS) is 10.8. The molecule has 0 fully saturated rings. The first-order chi connectivity index (χ1) is 14.1. The maximum absolute atomic E-state index is 5.76. The Morgan fingerprint density at radius 1 is 0.414 bits per heavy atom. The average Bonchev–Trinajstić information content (AvgIpc) is 2.74. The van der Waals surface area contributed by atoms with Crippen molar-refractivity contribution in [2.24, 2.45) is 0 Å². The SMILES string of the molecule is Nc1ccc(Cc2ccc(Sc3ccc(Cc4ccc(N)cc4)cc3)cc2)cc1. The van der Waals surface area contributed by atoms with Crippen LogP contribution in [-0.2, 0) is 12.8 Å². The lowest BCUT2D eigenvalue weighted by Crippen LogP contribution is -1.90. The van der Waals surface area contributed by atoms with Crippen molar-refractivity contribution < 1.29 is 0 Å². The van der Waals surface area contributed by atoms with Gasteiger partial charge in [-0.1, -0.05) is 60.3 Å². The number of anilines is 2. The molecule has 0 aromatic heterocycles. The van der Waals surface area contributed by atoms with Crippen molar-refractivity contribution in [3.63, 3.8) is 0 Å². The molecule has 0 aliphatic heterocycles. The van der Waals surface area contributed by atoms with Crippen LogP contribution < -0.4 is 11.5 Å². The van der Waals surface area contributed by atoms with Gasteiger partial charge in [-0.3, -0.25) is 0 Å². The summed E-state index contributed by atoms with van der Waals surface area (Å²) >= 11 is 1.79. The molecular formula is C26H24N2S. The van der Waals surface area contributed by atoms with Crippen LogP contribution in [0.3, 0.4) is 0 Å². The fourth-order valence-corrected chi connectivity index (χ4v) is 4.05. The van der Waals surface area contributed by atoms with Crippen molar-refractivity contribution in [3.8, 4) is 0 Å². The van der Waals surface area contributed by atoms with Gasteiger partial charge < -0.3 is 11.5 Å². The van der Waals surface area contributed by atoms with Crippen LogP contribution in [0, 0.1) is 0 Å². The Labute approximate surface area is 176 Å². The van der Waals surface area contributed by atoms with E-state index in [1.165, 1.54) is 32.0 Å². The van der Waals surface area contributed by atoms with Crippen molar-refractivity contribution in [2.45, 2.75) is 22.6 Å². The van der Waals surface area contributed by atoms with Gasteiger partial charge >= 0.3 is 0 Å². The highest BCUT2D eigenvalue weighted by Crippen LogP contribution is 2.28. The van der Waals surface area contributed by atoms with E-state index in [4.69, 9.17) is 11.5 Å². The number of hydrogen-bond acceptors (Lipinski definition) is 3. The van der Waals surface area contributed by atoms with Crippen molar-refractivity contribution in [3.05, 3.63) is 119 Å². The molecule has 0 bridgehead atoms. The van der Waals surface area contributed by atoms with Gasteiger partial charge in [0.05, 0.1) is 0 Å². The van der Waals surface area contributed by atoms with E-state index < -0.39 is 0 Å². The predicted octanol–water partition coefficient (Wildman–Crippen LogP) is 6.18. The smallest absolute Gasteiger partial charge is 0.0314 e. The zero-order valence-corrected chi connectivity index (χ0v) is 17.0. The van der Waals surface area contributed by atoms with Crippen LogP contribution in [0.5, 0.6) is 0 Å². The second kappa shape index (κ2) is 8.89. The Hall–Kier alpha value is -3.17. The molecule has 0 heterocycles. The molecule has 0 aliphatic rings. The summed E-state index contributed by atoms with van der Waals surface area (Å²) in [6.07, 6.45) is 1.84. The molecule has 29 heavy (non-hydrogen) atoms. The molecule has 0 unspecified atom stereocenters. The molecule has 0 spiro atoms. The van der Waals surface area contributed by atoms with Crippen LogP contribution in [0.15, 0.2) is 107 Å². The van der Waals surface area contributed by atoms with E-state index >= 15 is 0 Å². The Morgan fingerprint density at radius 2 is 0.690 bits per heavy atom. The summed E-state index contributed by atoms with van der Waals surface area (Å²) in [5.74, 6) is 0. The number of nitrogens with two attached hydrogens (primary N) is 2. The van der Waals surface area contributed by atoms with E-state index in [0.717, 1.165) is 24.2 Å². The zero-order valence-electron chi connectivity index (χ0n) is 16.2. The summed E-state index contributed by atoms with van der Waals surface area (Å²) in [6, 6.07) is 33.8. The highest BCUT2D eigenvalue weighted by molar-refractivity contribution is 7.99. The van der Waals surface area contributed by atoms with Gasteiger partial charge in [0.1, 0.15) is 0 Å². The zero-order chi connectivity index (χ0) is 20.1. The molecule has 4 aromatic rings. The van der Waals surface area contributed by atoms with E-state index in [1.807, 2.05) is 24.3 Å². The lowest BCUT2D eigenvalue weighted by Gasteiger charge is -2.07. The minimum Gasteiger partial charge on any atom is -0.399 e. The minimum atomic E-state index is 0.806. The molecule has 0 saturated heterocycles. The van der Waals surface area contributed by atoms with Crippen molar-refractivity contribution in [2.75, 3.05) is 11.5 Å². The molecule has 4 N–H and O–H groups in total. The van der Waals surface area contributed by atoms with Gasteiger partial charge in [-0.25, -0.2) is 0 Å². The molecule has 0 amide bonds. The van der Waals surface area contributed by atoms with Crippen LogP contribution in [-0.4, -0.2) is 0 Å². The summed E-state index contributed by atoms with van der Waals surface area (Å²) in [6.45, 7) is 0. The summed E-state index contributed by atoms with van der Waals surface area (Å²) in [4.78, 5) is 2.50. The molecular weight excluding hydrogens is 372 g/mol. The van der Waals surface area contributed by atoms with Gasteiger partial charge in [-0.2, -0.15) is 0 Å². The van der Waals surface area contributed by atoms with Crippen molar-refractivity contribution in [1.82, 2.24) is 0 Å². The third-order valence-electron chi connectivity index (χ3n) is 4.86. The maximum atomic E-state index is 5.76. The largest absolute Gasteiger partial charge is 0.399 e. The third-order valence-corrected chi connectivity index (χ3v) is 5.87. The first-order valence-electron chi connectivity index (χ1n) is 9.69. The average molecular weight is 397 g/mol. The third kappa shape index (κ3) is 5.43. The monoisotopic (exact) mass is 396 g/mol. The number of benzene rings is 4. The van der Waals surface area contributed by atoms with Crippen LogP contribution in [0.4, 0.5) is 11.4 Å². The maximum Gasteiger partial charge on any atom is 0.0314 e. The molecule has 4 aromatic carbocycles. The van der Waals surface area contributed by atoms with E-state index in [0.29, 0.717) is 0 Å².